The maximum Gasteiger partial charge on any atom is 0.264 e. The number of anilines is 1. The van der Waals surface area contributed by atoms with E-state index in [9.17, 15) is 4.79 Å². The molecule has 0 aliphatic carbocycles. The van der Waals surface area contributed by atoms with Gasteiger partial charge in [-0.3, -0.25) is 4.79 Å². The Balaban J connectivity index is 2.48. The van der Waals surface area contributed by atoms with Crippen molar-refractivity contribution >= 4 is 16.7 Å². The van der Waals surface area contributed by atoms with Gasteiger partial charge in [-0.2, -0.15) is 0 Å². The fraction of sp³-hybridized carbons (Fsp3) is 0.364. The van der Waals surface area contributed by atoms with Gasteiger partial charge in [0.2, 0.25) is 0 Å². The van der Waals surface area contributed by atoms with Crippen molar-refractivity contribution in [3.8, 4) is 0 Å². The second-order valence-electron chi connectivity index (χ2n) is 3.63. The number of hydrogen-bond donors (Lipinski definition) is 1. The molecule has 0 bridgehead atoms. The molecular formula is C11H14N4O2. The number of nitrogens with zero attached hydrogens (tertiary/aromatic N) is 3. The number of hydrogen-bond acceptors (Lipinski definition) is 5. The van der Waals surface area contributed by atoms with E-state index < -0.39 is 0 Å². The molecule has 6 heteroatoms. The predicted octanol–water partition coefficient (Wildman–Crippen LogP) is 0.387. The van der Waals surface area contributed by atoms with Crippen molar-refractivity contribution in [1.29, 1.82) is 0 Å². The van der Waals surface area contributed by atoms with Crippen LogP contribution in [-0.2, 0) is 11.8 Å². The fourth-order valence-corrected chi connectivity index (χ4v) is 1.55. The van der Waals surface area contributed by atoms with Crippen LogP contribution < -0.4 is 10.9 Å². The van der Waals surface area contributed by atoms with Crippen LogP contribution in [0.3, 0.4) is 0 Å². The summed E-state index contributed by atoms with van der Waals surface area (Å²) in [5.41, 5.74) is 0.533. The molecule has 0 fully saturated rings. The summed E-state index contributed by atoms with van der Waals surface area (Å²) in [6.07, 6.45) is 3.13. The molecule has 0 saturated carbocycles. The summed E-state index contributed by atoms with van der Waals surface area (Å²) in [5.74, 6) is 0.549. The van der Waals surface area contributed by atoms with Gasteiger partial charge in [0.1, 0.15) is 11.2 Å². The van der Waals surface area contributed by atoms with Crippen LogP contribution in [0.5, 0.6) is 0 Å². The first-order valence-electron chi connectivity index (χ1n) is 5.27. The summed E-state index contributed by atoms with van der Waals surface area (Å²) >= 11 is 0. The Kier molecular flexibility index (Phi) is 3.34. The monoisotopic (exact) mass is 234 g/mol. The molecule has 17 heavy (non-hydrogen) atoms. The largest absolute Gasteiger partial charge is 0.383 e. The average Bonchev–Trinajstić information content (AvgIpc) is 2.34. The first-order chi connectivity index (χ1) is 8.24. The van der Waals surface area contributed by atoms with Crippen LogP contribution in [0.15, 0.2) is 23.4 Å². The molecule has 0 aromatic carbocycles. The Bertz CT molecular complexity index is 579. The van der Waals surface area contributed by atoms with Crippen LogP contribution in [0, 0.1) is 0 Å². The summed E-state index contributed by atoms with van der Waals surface area (Å²) < 4.78 is 6.38. The highest BCUT2D eigenvalue weighted by molar-refractivity contribution is 5.87. The molecule has 6 nitrogen and oxygen atoms in total. The van der Waals surface area contributed by atoms with E-state index in [1.807, 2.05) is 0 Å². The van der Waals surface area contributed by atoms with E-state index in [1.165, 1.54) is 10.9 Å². The Labute approximate surface area is 98.3 Å². The minimum Gasteiger partial charge on any atom is -0.383 e. The molecule has 90 valence electrons. The van der Waals surface area contributed by atoms with Gasteiger partial charge in [-0.25, -0.2) is 9.97 Å². The number of pyridine rings is 1. The van der Waals surface area contributed by atoms with Crippen LogP contribution >= 0.6 is 0 Å². The number of methoxy groups -OCH3 is 1. The first-order valence-corrected chi connectivity index (χ1v) is 5.27. The first kappa shape index (κ1) is 11.5. The van der Waals surface area contributed by atoms with Crippen LogP contribution in [-0.4, -0.2) is 34.8 Å². The number of rotatable bonds is 4. The van der Waals surface area contributed by atoms with Crippen molar-refractivity contribution in [2.75, 3.05) is 25.6 Å². The Hall–Kier alpha value is -1.95. The zero-order chi connectivity index (χ0) is 12.3. The van der Waals surface area contributed by atoms with Gasteiger partial charge in [0.05, 0.1) is 18.5 Å². The maximum atomic E-state index is 12.0. The minimum atomic E-state index is -0.108. The zero-order valence-electron chi connectivity index (χ0n) is 9.80. The van der Waals surface area contributed by atoms with Gasteiger partial charge in [-0.1, -0.05) is 0 Å². The summed E-state index contributed by atoms with van der Waals surface area (Å²) in [6.45, 7) is 1.15. The Morgan fingerprint density at radius 1 is 1.47 bits per heavy atom. The van der Waals surface area contributed by atoms with E-state index >= 15 is 0 Å². The summed E-state index contributed by atoms with van der Waals surface area (Å²) in [4.78, 5) is 20.3. The maximum absolute atomic E-state index is 12.0. The highest BCUT2D eigenvalue weighted by Crippen LogP contribution is 2.13. The molecular weight excluding hydrogens is 220 g/mol. The molecule has 0 radical (unpaired) electrons. The molecule has 2 aromatic heterocycles. The average molecular weight is 234 g/mol. The lowest BCUT2D eigenvalue weighted by atomic mass is 10.3. The molecule has 0 saturated heterocycles. The number of aryl methyl sites for hydroxylation is 1. The van der Waals surface area contributed by atoms with Gasteiger partial charge in [0, 0.05) is 26.9 Å². The smallest absolute Gasteiger partial charge is 0.264 e. The molecule has 0 unspecified atom stereocenters. The Morgan fingerprint density at radius 3 is 3.06 bits per heavy atom. The summed E-state index contributed by atoms with van der Waals surface area (Å²) in [7, 11) is 3.29. The molecule has 0 aliphatic rings. The lowest BCUT2D eigenvalue weighted by Gasteiger charge is -2.07. The zero-order valence-corrected chi connectivity index (χ0v) is 9.80. The van der Waals surface area contributed by atoms with E-state index in [-0.39, 0.29) is 5.56 Å². The van der Waals surface area contributed by atoms with Crippen molar-refractivity contribution in [3.05, 3.63) is 28.9 Å². The van der Waals surface area contributed by atoms with E-state index in [4.69, 9.17) is 4.74 Å². The molecule has 0 aliphatic heterocycles. The number of nitrogens with one attached hydrogen (secondary N) is 1. The quantitative estimate of drug-likeness (QED) is 0.775. The van der Waals surface area contributed by atoms with Gasteiger partial charge in [-0.15, -0.1) is 0 Å². The van der Waals surface area contributed by atoms with E-state index in [0.717, 1.165) is 0 Å². The van der Waals surface area contributed by atoms with E-state index in [0.29, 0.717) is 29.9 Å². The summed E-state index contributed by atoms with van der Waals surface area (Å²) in [6, 6.07) is 1.72. The van der Waals surface area contributed by atoms with Crippen molar-refractivity contribution in [2.45, 2.75) is 0 Å². The number of fused-ring (bicyclic) bond motifs is 1. The van der Waals surface area contributed by atoms with Gasteiger partial charge >= 0.3 is 0 Å². The van der Waals surface area contributed by atoms with Crippen LogP contribution in [0.4, 0.5) is 5.82 Å². The molecule has 0 spiro atoms. The molecule has 2 heterocycles. The lowest BCUT2D eigenvalue weighted by molar-refractivity contribution is 0.210. The second-order valence-corrected chi connectivity index (χ2v) is 3.63. The van der Waals surface area contributed by atoms with Crippen LogP contribution in [0.1, 0.15) is 0 Å². The molecule has 0 amide bonds. The van der Waals surface area contributed by atoms with Gasteiger partial charge in [0.15, 0.2) is 0 Å². The van der Waals surface area contributed by atoms with Crippen LogP contribution in [0.25, 0.3) is 10.9 Å². The normalized spacial score (nSPS) is 10.7. The lowest BCUT2D eigenvalue weighted by Crippen LogP contribution is -2.19. The standard InChI is InChI=1S/C11H14N4O2/c1-15-7-14-8-3-4-12-10(9(8)11(15)16)13-5-6-17-2/h3-4,7H,5-6H2,1-2H3,(H,12,13). The highest BCUT2D eigenvalue weighted by Gasteiger charge is 2.08. The fourth-order valence-electron chi connectivity index (χ4n) is 1.55. The third kappa shape index (κ3) is 2.26. The molecule has 1 N–H and O–H groups in total. The van der Waals surface area contributed by atoms with E-state index in [1.54, 1.807) is 26.4 Å². The highest BCUT2D eigenvalue weighted by atomic mass is 16.5. The van der Waals surface area contributed by atoms with Gasteiger partial charge in [-0.05, 0) is 6.07 Å². The topological polar surface area (TPSA) is 69.0 Å². The molecule has 2 rings (SSSR count). The SMILES string of the molecule is COCCNc1nccc2ncn(C)c(=O)c12. The van der Waals surface area contributed by atoms with Crippen molar-refractivity contribution in [1.82, 2.24) is 14.5 Å². The summed E-state index contributed by atoms with van der Waals surface area (Å²) in [5, 5.41) is 3.58. The van der Waals surface area contributed by atoms with Crippen molar-refractivity contribution in [3.63, 3.8) is 0 Å². The second kappa shape index (κ2) is 4.92. The minimum absolute atomic E-state index is 0.108. The molecule has 2 aromatic rings. The van der Waals surface area contributed by atoms with Gasteiger partial charge in [0.25, 0.3) is 5.56 Å². The Morgan fingerprint density at radius 2 is 2.29 bits per heavy atom. The van der Waals surface area contributed by atoms with Crippen molar-refractivity contribution < 1.29 is 4.74 Å². The number of aromatic nitrogens is 3. The van der Waals surface area contributed by atoms with Crippen LogP contribution in [0.2, 0.25) is 0 Å². The van der Waals surface area contributed by atoms with Gasteiger partial charge < -0.3 is 14.6 Å². The van der Waals surface area contributed by atoms with E-state index in [2.05, 4.69) is 15.3 Å². The predicted molar refractivity (Wildman–Crippen MR) is 65.1 cm³/mol. The van der Waals surface area contributed by atoms with Crippen molar-refractivity contribution in [2.24, 2.45) is 7.05 Å². The third-order valence-corrected chi connectivity index (χ3v) is 2.43. The molecule has 0 atom stereocenters. The third-order valence-electron chi connectivity index (χ3n) is 2.43. The number of ether oxygens (including phenoxy) is 1.